The standard InChI is InChI=1S/C18H16F3N11O5S3/c19-18(20,21)4-37-27-9(11-24-16(22)40-28-11)12(33)23-10-13(34)31-3-17(15(35)36,6-39-14(10)31)5-38-8-2-1-7-25-29-30-32(7)26-8/h1-2,10,14H,3-6H2,(H,23,33)(H,35,36)(H2,22,24,28)/t10?,14-,17?/m1/s1. The number of oxime groups is 1. The maximum atomic E-state index is 12.9. The number of aromatic nitrogens is 7. The van der Waals surface area contributed by atoms with Crippen LogP contribution < -0.4 is 11.1 Å². The number of aliphatic carboxylic acids is 1. The third-order valence-corrected chi connectivity index (χ3v) is 9.02. The van der Waals surface area contributed by atoms with Crippen LogP contribution in [-0.4, -0.2) is 110 Å². The van der Waals surface area contributed by atoms with E-state index in [1.54, 1.807) is 12.1 Å². The molecule has 0 spiro atoms. The first kappa shape index (κ1) is 27.8. The van der Waals surface area contributed by atoms with Gasteiger partial charge in [0.1, 0.15) is 21.9 Å². The molecule has 40 heavy (non-hydrogen) atoms. The van der Waals surface area contributed by atoms with Crippen molar-refractivity contribution in [3.8, 4) is 0 Å². The molecule has 212 valence electrons. The lowest BCUT2D eigenvalue weighted by Gasteiger charge is -2.53. The molecule has 2 unspecified atom stereocenters. The zero-order valence-electron chi connectivity index (χ0n) is 19.7. The highest BCUT2D eigenvalue weighted by Gasteiger charge is 2.57. The fourth-order valence-electron chi connectivity index (χ4n) is 3.72. The van der Waals surface area contributed by atoms with Crippen molar-refractivity contribution in [2.75, 3.05) is 30.4 Å². The molecule has 2 saturated heterocycles. The SMILES string of the molecule is Nc1nc(C(=NOCC(F)(F)F)C(=O)NC2C(=O)N3CC(CSc4ccc5nnnn5n4)(C(=O)O)CS[C@H]23)ns1. The fourth-order valence-corrected chi connectivity index (χ4v) is 6.87. The van der Waals surface area contributed by atoms with Gasteiger partial charge < -0.3 is 25.9 Å². The highest BCUT2D eigenvalue weighted by atomic mass is 32.2. The first-order valence-corrected chi connectivity index (χ1v) is 13.8. The number of carbonyl (C=O) groups excluding carboxylic acids is 2. The lowest BCUT2D eigenvalue weighted by Crippen LogP contribution is -2.74. The van der Waals surface area contributed by atoms with Crippen molar-refractivity contribution >= 4 is 69.3 Å². The number of carboxylic acids is 1. The van der Waals surface area contributed by atoms with Crippen LogP contribution in [0.4, 0.5) is 18.3 Å². The van der Waals surface area contributed by atoms with Crippen molar-refractivity contribution in [1.82, 2.24) is 44.8 Å². The number of rotatable bonds is 9. The molecule has 3 aromatic heterocycles. The minimum absolute atomic E-state index is 0.0731. The van der Waals surface area contributed by atoms with E-state index in [2.05, 4.69) is 45.3 Å². The second-order valence-electron chi connectivity index (χ2n) is 8.48. The molecule has 0 aromatic carbocycles. The third-order valence-electron chi connectivity index (χ3n) is 5.68. The number of carboxylic acid groups (broad SMARTS) is 1. The number of nitrogens with one attached hydrogen (secondary N) is 1. The van der Waals surface area contributed by atoms with Gasteiger partial charge in [-0.1, -0.05) is 5.16 Å². The predicted molar refractivity (Wildman–Crippen MR) is 132 cm³/mol. The molecule has 5 heterocycles. The number of halogens is 3. The van der Waals surface area contributed by atoms with Crippen molar-refractivity contribution < 1.29 is 37.5 Å². The second kappa shape index (κ2) is 10.6. The number of fused-ring (bicyclic) bond motifs is 2. The summed E-state index contributed by atoms with van der Waals surface area (Å²) in [5.74, 6) is -2.95. The van der Waals surface area contributed by atoms with Gasteiger partial charge in [0, 0.05) is 29.6 Å². The molecule has 16 nitrogen and oxygen atoms in total. The molecule has 4 N–H and O–H groups in total. The second-order valence-corrected chi connectivity index (χ2v) is 11.4. The van der Waals surface area contributed by atoms with Crippen LogP contribution in [-0.2, 0) is 19.2 Å². The molecular weight excluding hydrogens is 603 g/mol. The average molecular weight is 620 g/mol. The summed E-state index contributed by atoms with van der Waals surface area (Å²) in [6.07, 6.45) is -4.71. The number of hydrogen-bond acceptors (Lipinski definition) is 15. The van der Waals surface area contributed by atoms with Crippen LogP contribution in [0.5, 0.6) is 0 Å². The molecule has 2 amide bonds. The number of β-lactam (4-membered cyclic amide) rings is 1. The largest absolute Gasteiger partial charge is 0.481 e. The number of nitrogen functional groups attached to an aromatic ring is 1. The number of amides is 2. The molecule has 0 radical (unpaired) electrons. The van der Waals surface area contributed by atoms with Gasteiger partial charge in [0.25, 0.3) is 5.91 Å². The summed E-state index contributed by atoms with van der Waals surface area (Å²) >= 11 is 2.98. The number of nitrogens with two attached hydrogens (primary N) is 1. The van der Waals surface area contributed by atoms with E-state index in [1.807, 2.05) is 0 Å². The van der Waals surface area contributed by atoms with Gasteiger partial charge in [0.05, 0.1) is 0 Å². The van der Waals surface area contributed by atoms with Gasteiger partial charge in [-0.15, -0.1) is 38.4 Å². The van der Waals surface area contributed by atoms with Crippen LogP contribution in [0.15, 0.2) is 22.3 Å². The number of alkyl halides is 3. The summed E-state index contributed by atoms with van der Waals surface area (Å²) in [6.45, 7) is -1.91. The molecule has 2 aliphatic heterocycles. The Morgan fingerprint density at radius 3 is 2.88 bits per heavy atom. The lowest BCUT2D eigenvalue weighted by molar-refractivity contribution is -0.174. The quantitative estimate of drug-likeness (QED) is 0.119. The van der Waals surface area contributed by atoms with Crippen LogP contribution in [0.2, 0.25) is 0 Å². The highest BCUT2D eigenvalue weighted by molar-refractivity contribution is 8.00. The highest BCUT2D eigenvalue weighted by Crippen LogP contribution is 2.44. The average Bonchev–Trinajstić information content (AvgIpc) is 3.56. The van der Waals surface area contributed by atoms with E-state index in [4.69, 9.17) is 5.73 Å². The summed E-state index contributed by atoms with van der Waals surface area (Å²) in [5.41, 5.74) is 3.89. The summed E-state index contributed by atoms with van der Waals surface area (Å²) in [6, 6.07) is 2.18. The molecule has 0 bridgehead atoms. The molecule has 0 saturated carbocycles. The number of tetrazole rings is 1. The minimum atomic E-state index is -4.71. The van der Waals surface area contributed by atoms with Crippen molar-refractivity contribution in [1.29, 1.82) is 0 Å². The molecular formula is C18H16F3N11O5S3. The third kappa shape index (κ3) is 5.58. The summed E-state index contributed by atoms with van der Waals surface area (Å²) in [7, 11) is 0. The molecule has 5 rings (SSSR count). The fraction of sp³-hybridized carbons (Fsp3) is 0.444. The Kier molecular flexibility index (Phi) is 7.39. The topological polar surface area (TPSA) is 216 Å². The van der Waals surface area contributed by atoms with Crippen molar-refractivity contribution in [2.45, 2.75) is 22.6 Å². The van der Waals surface area contributed by atoms with Gasteiger partial charge in [0.15, 0.2) is 10.8 Å². The van der Waals surface area contributed by atoms with Crippen molar-refractivity contribution in [2.24, 2.45) is 10.6 Å². The van der Waals surface area contributed by atoms with E-state index >= 15 is 0 Å². The number of nitrogens with zero attached hydrogens (tertiary/aromatic N) is 9. The van der Waals surface area contributed by atoms with Crippen LogP contribution in [0, 0.1) is 5.41 Å². The van der Waals surface area contributed by atoms with E-state index in [-0.39, 0.29) is 29.0 Å². The molecule has 2 aliphatic rings. The Balaban J connectivity index is 1.25. The van der Waals surface area contributed by atoms with Crippen LogP contribution in [0.1, 0.15) is 5.82 Å². The molecule has 3 aromatic rings. The smallest absolute Gasteiger partial charge is 0.425 e. The molecule has 2 fully saturated rings. The van der Waals surface area contributed by atoms with E-state index in [0.29, 0.717) is 22.2 Å². The van der Waals surface area contributed by atoms with E-state index < -0.39 is 53.1 Å². The normalized spacial score (nSPS) is 23.0. The summed E-state index contributed by atoms with van der Waals surface area (Å²) < 4.78 is 42.4. The van der Waals surface area contributed by atoms with Crippen LogP contribution in [0.3, 0.4) is 0 Å². The lowest BCUT2D eigenvalue weighted by atomic mass is 9.89. The zero-order chi connectivity index (χ0) is 28.7. The molecule has 3 atom stereocenters. The Bertz CT molecular complexity index is 1500. The maximum Gasteiger partial charge on any atom is 0.425 e. The van der Waals surface area contributed by atoms with E-state index in [0.717, 1.165) is 23.5 Å². The van der Waals surface area contributed by atoms with Crippen molar-refractivity contribution in [3.05, 3.63) is 18.0 Å². The first-order valence-electron chi connectivity index (χ1n) is 11.0. The van der Waals surface area contributed by atoms with Gasteiger partial charge in [-0.05, 0) is 22.6 Å². The van der Waals surface area contributed by atoms with E-state index in [9.17, 15) is 32.7 Å². The van der Waals surface area contributed by atoms with Gasteiger partial charge >= 0.3 is 12.1 Å². The van der Waals surface area contributed by atoms with Crippen LogP contribution in [0.25, 0.3) is 5.65 Å². The Morgan fingerprint density at radius 2 is 2.17 bits per heavy atom. The molecule has 22 heteroatoms. The minimum Gasteiger partial charge on any atom is -0.481 e. The van der Waals surface area contributed by atoms with Gasteiger partial charge in [-0.2, -0.15) is 22.5 Å². The van der Waals surface area contributed by atoms with Crippen LogP contribution >= 0.6 is 35.1 Å². The first-order chi connectivity index (χ1) is 19.0. The Hall–Kier alpha value is -3.79. The Labute approximate surface area is 233 Å². The predicted octanol–water partition coefficient (Wildman–Crippen LogP) is -0.501. The van der Waals surface area contributed by atoms with Gasteiger partial charge in [0.2, 0.25) is 24.1 Å². The van der Waals surface area contributed by atoms with Crippen molar-refractivity contribution in [3.63, 3.8) is 0 Å². The maximum absolute atomic E-state index is 12.9. The number of hydrogen-bond donors (Lipinski definition) is 3. The summed E-state index contributed by atoms with van der Waals surface area (Å²) in [4.78, 5) is 47.4. The molecule has 0 aliphatic carbocycles. The zero-order valence-corrected chi connectivity index (χ0v) is 22.1. The van der Waals surface area contributed by atoms with Gasteiger partial charge in [-0.25, -0.2) is 0 Å². The van der Waals surface area contributed by atoms with E-state index in [1.165, 1.54) is 9.53 Å². The summed E-state index contributed by atoms with van der Waals surface area (Å²) in [5, 5.41) is 30.6. The number of thioether (sulfide) groups is 2. The number of carbonyl (C=O) groups is 3. The van der Waals surface area contributed by atoms with Gasteiger partial charge in [-0.3, -0.25) is 14.4 Å². The monoisotopic (exact) mass is 619 g/mol. The number of anilines is 1. The Morgan fingerprint density at radius 1 is 1.38 bits per heavy atom.